The Morgan fingerprint density at radius 2 is 2.09 bits per heavy atom. The molecule has 1 unspecified atom stereocenters. The number of hydrogen-bond donors (Lipinski definition) is 1. The number of carbonyl (C=O) groups excluding carboxylic acids is 2. The molecule has 2 amide bonds. The molecule has 1 aromatic heterocycles. The molecule has 1 N–H and O–H groups in total. The van der Waals surface area contributed by atoms with Crippen LogP contribution in [0.25, 0.3) is 0 Å². The van der Waals surface area contributed by atoms with Crippen molar-refractivity contribution in [3.63, 3.8) is 0 Å². The van der Waals surface area contributed by atoms with Crippen LogP contribution in [0.1, 0.15) is 36.2 Å². The number of rotatable bonds is 3. The molecule has 3 fully saturated rings. The highest BCUT2D eigenvalue weighted by Gasteiger charge is 2.51. The third kappa shape index (κ3) is 2.73. The lowest BCUT2D eigenvalue weighted by molar-refractivity contribution is -0.131. The third-order valence-corrected chi connectivity index (χ3v) is 5.18. The molecule has 0 saturated carbocycles. The minimum Gasteiger partial charge on any atom is -0.371 e. The highest BCUT2D eigenvalue weighted by atomic mass is 16.5. The van der Waals surface area contributed by atoms with Crippen LogP contribution < -0.4 is 0 Å². The number of nitrogens with zero attached hydrogens (tertiary/aromatic N) is 3. The maximum Gasteiger partial charge on any atom is 0.272 e. The number of carbonyl (C=O) groups is 2. The molecule has 1 spiro atoms. The monoisotopic (exact) mass is 318 g/mol. The lowest BCUT2D eigenvalue weighted by Gasteiger charge is -2.47. The summed E-state index contributed by atoms with van der Waals surface area (Å²) in [5.74, 6) is 0.513. The van der Waals surface area contributed by atoms with Crippen LogP contribution in [0.3, 0.4) is 0 Å². The molecule has 0 aromatic carbocycles. The van der Waals surface area contributed by atoms with Crippen molar-refractivity contribution < 1.29 is 14.3 Å². The Hall–Kier alpha value is -1.89. The van der Waals surface area contributed by atoms with E-state index in [0.717, 1.165) is 32.4 Å². The molecule has 23 heavy (non-hydrogen) atoms. The van der Waals surface area contributed by atoms with Crippen molar-refractivity contribution in [1.82, 2.24) is 20.0 Å². The molecular formula is C16H22N4O3. The Morgan fingerprint density at radius 3 is 2.78 bits per heavy atom. The van der Waals surface area contributed by atoms with Crippen LogP contribution in [0.2, 0.25) is 0 Å². The summed E-state index contributed by atoms with van der Waals surface area (Å²) in [6.45, 7) is 3.66. The molecule has 4 heterocycles. The molecule has 1 aromatic rings. The van der Waals surface area contributed by atoms with Crippen molar-refractivity contribution in [3.8, 4) is 0 Å². The normalized spacial score (nSPS) is 25.8. The second-order valence-corrected chi connectivity index (χ2v) is 6.99. The van der Waals surface area contributed by atoms with Crippen LogP contribution in [-0.4, -0.2) is 70.2 Å². The van der Waals surface area contributed by atoms with Gasteiger partial charge < -0.3 is 14.5 Å². The van der Waals surface area contributed by atoms with Crippen molar-refractivity contribution in [1.29, 1.82) is 0 Å². The lowest BCUT2D eigenvalue weighted by atomic mass is 9.85. The van der Waals surface area contributed by atoms with Gasteiger partial charge in [-0.3, -0.25) is 14.7 Å². The van der Waals surface area contributed by atoms with E-state index in [2.05, 4.69) is 10.2 Å². The van der Waals surface area contributed by atoms with E-state index in [4.69, 9.17) is 4.74 Å². The zero-order valence-corrected chi connectivity index (χ0v) is 13.2. The fourth-order valence-electron chi connectivity index (χ4n) is 3.97. The first kappa shape index (κ1) is 14.7. The number of likely N-dealkylation sites (tertiary alicyclic amines) is 2. The molecule has 3 aliphatic heterocycles. The average molecular weight is 318 g/mol. The summed E-state index contributed by atoms with van der Waals surface area (Å²) in [6.07, 6.45) is 5.29. The summed E-state index contributed by atoms with van der Waals surface area (Å²) >= 11 is 0. The van der Waals surface area contributed by atoms with Gasteiger partial charge in [0, 0.05) is 25.7 Å². The van der Waals surface area contributed by atoms with Crippen molar-refractivity contribution >= 4 is 11.8 Å². The van der Waals surface area contributed by atoms with E-state index in [9.17, 15) is 9.59 Å². The zero-order chi connectivity index (χ0) is 15.9. The van der Waals surface area contributed by atoms with Crippen molar-refractivity contribution in [2.45, 2.75) is 31.3 Å². The van der Waals surface area contributed by atoms with Gasteiger partial charge in [-0.1, -0.05) is 0 Å². The van der Waals surface area contributed by atoms with Gasteiger partial charge >= 0.3 is 0 Å². The first-order valence-corrected chi connectivity index (χ1v) is 8.36. The minimum atomic E-state index is -0.231. The molecule has 4 rings (SSSR count). The van der Waals surface area contributed by atoms with Gasteiger partial charge in [0.15, 0.2) is 0 Å². The zero-order valence-electron chi connectivity index (χ0n) is 13.2. The van der Waals surface area contributed by atoms with E-state index in [0.29, 0.717) is 31.8 Å². The summed E-state index contributed by atoms with van der Waals surface area (Å²) in [4.78, 5) is 28.2. The molecule has 7 nitrogen and oxygen atoms in total. The van der Waals surface area contributed by atoms with E-state index < -0.39 is 0 Å². The van der Waals surface area contributed by atoms with E-state index in [1.807, 2.05) is 4.90 Å². The van der Waals surface area contributed by atoms with Gasteiger partial charge in [0.25, 0.3) is 5.91 Å². The number of aromatic amines is 1. The van der Waals surface area contributed by atoms with Crippen LogP contribution in [0.4, 0.5) is 0 Å². The second kappa shape index (κ2) is 5.63. The van der Waals surface area contributed by atoms with Gasteiger partial charge in [-0.2, -0.15) is 5.10 Å². The number of nitrogens with one attached hydrogen (secondary N) is 1. The summed E-state index contributed by atoms with van der Waals surface area (Å²) in [5, 5.41) is 6.51. The predicted molar refractivity (Wildman–Crippen MR) is 81.7 cm³/mol. The van der Waals surface area contributed by atoms with Gasteiger partial charge in [-0.05, 0) is 31.2 Å². The maximum absolute atomic E-state index is 12.2. The van der Waals surface area contributed by atoms with Crippen LogP contribution in [-0.2, 0) is 9.53 Å². The Balaban J connectivity index is 1.28. The molecule has 0 bridgehead atoms. The van der Waals surface area contributed by atoms with Crippen molar-refractivity contribution in [2.75, 3.05) is 32.8 Å². The van der Waals surface area contributed by atoms with Gasteiger partial charge in [-0.15, -0.1) is 0 Å². The summed E-state index contributed by atoms with van der Waals surface area (Å²) in [5.41, 5.74) is 0.282. The smallest absolute Gasteiger partial charge is 0.272 e. The third-order valence-electron chi connectivity index (χ3n) is 5.18. The van der Waals surface area contributed by atoms with E-state index >= 15 is 0 Å². The minimum absolute atomic E-state index is 0.0340. The van der Waals surface area contributed by atoms with Crippen molar-refractivity contribution in [2.24, 2.45) is 5.92 Å². The topological polar surface area (TPSA) is 78.5 Å². The fraction of sp³-hybridized carbons (Fsp3) is 0.688. The SMILES string of the molecule is O=C(CC1COC2(C1)CN(C(=O)c1ccn[nH]1)C2)N1CCCC1. The summed E-state index contributed by atoms with van der Waals surface area (Å²) in [6, 6.07) is 1.68. The first-order valence-electron chi connectivity index (χ1n) is 8.36. The Morgan fingerprint density at radius 1 is 1.30 bits per heavy atom. The quantitative estimate of drug-likeness (QED) is 0.888. The standard InChI is InChI=1S/C16H22N4O3/c21-14(19-5-1-2-6-19)7-12-8-16(23-9-12)10-20(11-16)15(22)13-3-4-17-18-13/h3-4,12H,1-2,5-11H2,(H,17,18). The molecule has 3 saturated heterocycles. The first-order chi connectivity index (χ1) is 11.2. The molecule has 0 radical (unpaired) electrons. The summed E-state index contributed by atoms with van der Waals surface area (Å²) in [7, 11) is 0. The van der Waals surface area contributed by atoms with Crippen LogP contribution >= 0.6 is 0 Å². The largest absolute Gasteiger partial charge is 0.371 e. The molecule has 124 valence electrons. The molecular weight excluding hydrogens is 296 g/mol. The van der Waals surface area contributed by atoms with Crippen molar-refractivity contribution in [3.05, 3.63) is 18.0 Å². The van der Waals surface area contributed by atoms with E-state index in [-0.39, 0.29) is 23.3 Å². The Bertz CT molecular complexity index is 588. The van der Waals surface area contributed by atoms with Crippen LogP contribution in [0.5, 0.6) is 0 Å². The van der Waals surface area contributed by atoms with E-state index in [1.54, 1.807) is 17.2 Å². The molecule has 7 heteroatoms. The van der Waals surface area contributed by atoms with Gasteiger partial charge in [0.05, 0.1) is 19.7 Å². The van der Waals surface area contributed by atoms with Gasteiger partial charge in [0.2, 0.25) is 5.91 Å². The number of aromatic nitrogens is 2. The van der Waals surface area contributed by atoms with Gasteiger partial charge in [0.1, 0.15) is 11.3 Å². The highest BCUT2D eigenvalue weighted by molar-refractivity contribution is 5.93. The maximum atomic E-state index is 12.2. The molecule has 1 atom stereocenters. The van der Waals surface area contributed by atoms with Gasteiger partial charge in [-0.25, -0.2) is 0 Å². The predicted octanol–water partition coefficient (Wildman–Crippen LogP) is 0.653. The van der Waals surface area contributed by atoms with Crippen LogP contribution in [0.15, 0.2) is 12.3 Å². The number of ether oxygens (including phenoxy) is 1. The molecule has 3 aliphatic rings. The summed E-state index contributed by atoms with van der Waals surface area (Å²) < 4.78 is 5.96. The Kier molecular flexibility index (Phi) is 3.60. The molecule has 0 aliphatic carbocycles. The second-order valence-electron chi connectivity index (χ2n) is 6.99. The highest BCUT2D eigenvalue weighted by Crippen LogP contribution is 2.39. The average Bonchev–Trinajstić information content (AvgIpc) is 3.25. The van der Waals surface area contributed by atoms with E-state index in [1.165, 1.54) is 0 Å². The Labute approximate surface area is 135 Å². The number of amides is 2. The van der Waals surface area contributed by atoms with Crippen LogP contribution in [0, 0.1) is 5.92 Å². The fourth-order valence-corrected chi connectivity index (χ4v) is 3.97. The lowest BCUT2D eigenvalue weighted by Crippen LogP contribution is -2.63. The number of H-pyrrole nitrogens is 1. The number of hydrogen-bond acceptors (Lipinski definition) is 4.